The maximum Gasteiger partial charge on any atom is -0.0307 e. The van der Waals surface area contributed by atoms with Gasteiger partial charge in [0.25, 0.3) is 0 Å². The first-order chi connectivity index (χ1) is 8.86. The van der Waals surface area contributed by atoms with Crippen molar-refractivity contribution in [2.45, 2.75) is 40.5 Å². The van der Waals surface area contributed by atoms with Gasteiger partial charge in [-0.1, -0.05) is 88.4 Å². The highest BCUT2D eigenvalue weighted by Gasteiger charge is 1.80. The fraction of sp³-hybridized carbons (Fsp3) is 0.333. The number of rotatable bonds is 2. The molecule has 0 spiro atoms. The molecule has 0 nitrogen and oxygen atoms in total. The van der Waals surface area contributed by atoms with Crippen LogP contribution in [-0.2, 0) is 12.8 Å². The molecule has 0 fully saturated rings. The minimum atomic E-state index is 1.14. The van der Waals surface area contributed by atoms with Crippen molar-refractivity contribution in [3.8, 4) is 0 Å². The largest absolute Gasteiger partial charge is 0.0683 e. The molecule has 0 bridgehead atoms. The smallest absolute Gasteiger partial charge is 0.0307 e. The fourth-order valence-electron chi connectivity index (χ4n) is 1.43. The van der Waals surface area contributed by atoms with Crippen molar-refractivity contribution < 1.29 is 0 Å². The van der Waals surface area contributed by atoms with Crippen molar-refractivity contribution in [1.29, 1.82) is 0 Å². The lowest BCUT2D eigenvalue weighted by molar-refractivity contribution is 1.14. The number of aryl methyl sites for hydroxylation is 2. The van der Waals surface area contributed by atoms with E-state index in [-0.39, 0.29) is 0 Å². The molecule has 98 valence electrons. The van der Waals surface area contributed by atoms with Crippen LogP contribution in [-0.4, -0.2) is 0 Å². The van der Waals surface area contributed by atoms with Gasteiger partial charge in [0.05, 0.1) is 0 Å². The van der Waals surface area contributed by atoms with Gasteiger partial charge >= 0.3 is 0 Å². The molecule has 2 rings (SSSR count). The van der Waals surface area contributed by atoms with E-state index in [2.05, 4.69) is 62.4 Å². The molecule has 0 heterocycles. The summed E-state index contributed by atoms with van der Waals surface area (Å²) in [6, 6.07) is 20.9. The van der Waals surface area contributed by atoms with Gasteiger partial charge in [0, 0.05) is 0 Å². The van der Waals surface area contributed by atoms with Crippen LogP contribution in [0.3, 0.4) is 0 Å². The van der Waals surface area contributed by atoms with Crippen molar-refractivity contribution in [1.82, 2.24) is 0 Å². The predicted octanol–water partition coefficient (Wildman–Crippen LogP) is 5.52. The normalized spacial score (nSPS) is 8.44. The van der Waals surface area contributed by atoms with E-state index in [1.54, 1.807) is 0 Å². The third-order valence-corrected chi connectivity index (χ3v) is 2.50. The monoisotopic (exact) mass is 242 g/mol. The van der Waals surface area contributed by atoms with E-state index in [0.717, 1.165) is 12.8 Å². The standard InChI is InChI=1S/2C8H10.C2H6/c2*1-2-8-6-4-3-5-7-8;1-2/h2*3-7H,2H2,1H3;1-2H3. The molecule has 0 aliphatic heterocycles. The molecular weight excluding hydrogens is 216 g/mol. The summed E-state index contributed by atoms with van der Waals surface area (Å²) < 4.78 is 0. The minimum absolute atomic E-state index is 1.14. The van der Waals surface area contributed by atoms with E-state index in [1.807, 2.05) is 26.0 Å². The molecule has 0 atom stereocenters. The van der Waals surface area contributed by atoms with Gasteiger partial charge < -0.3 is 0 Å². The van der Waals surface area contributed by atoms with Crippen LogP contribution in [0.4, 0.5) is 0 Å². The van der Waals surface area contributed by atoms with Gasteiger partial charge in [0.2, 0.25) is 0 Å². The highest BCUT2D eigenvalue weighted by molar-refractivity contribution is 5.14. The summed E-state index contributed by atoms with van der Waals surface area (Å²) in [5, 5.41) is 0. The predicted molar refractivity (Wildman–Crippen MR) is 83.0 cm³/mol. The van der Waals surface area contributed by atoms with Gasteiger partial charge in [0.15, 0.2) is 0 Å². The van der Waals surface area contributed by atoms with E-state index in [4.69, 9.17) is 0 Å². The lowest BCUT2D eigenvalue weighted by Crippen LogP contribution is -1.73. The molecule has 0 unspecified atom stereocenters. The van der Waals surface area contributed by atoms with Crippen LogP contribution < -0.4 is 0 Å². The third kappa shape index (κ3) is 7.67. The third-order valence-electron chi connectivity index (χ3n) is 2.50. The van der Waals surface area contributed by atoms with Crippen LogP contribution in [0.2, 0.25) is 0 Å². The SMILES string of the molecule is CC.CCc1ccccc1.CCc1ccccc1. The van der Waals surface area contributed by atoms with E-state index in [0.29, 0.717) is 0 Å². The fourth-order valence-corrected chi connectivity index (χ4v) is 1.43. The lowest BCUT2D eigenvalue weighted by atomic mass is 10.2. The van der Waals surface area contributed by atoms with Crippen molar-refractivity contribution in [2.24, 2.45) is 0 Å². The average Bonchev–Trinajstić information content (AvgIpc) is 2.51. The maximum absolute atomic E-state index is 2.16. The molecule has 0 radical (unpaired) electrons. The molecular formula is C18H26. The zero-order valence-corrected chi connectivity index (χ0v) is 12.2. The molecule has 0 heteroatoms. The molecule has 0 saturated carbocycles. The van der Waals surface area contributed by atoms with E-state index >= 15 is 0 Å². The number of hydrogen-bond donors (Lipinski definition) is 0. The highest BCUT2D eigenvalue weighted by Crippen LogP contribution is 1.97. The molecule has 0 aromatic heterocycles. The second kappa shape index (κ2) is 11.9. The molecule has 0 amide bonds. The Morgan fingerprint density at radius 3 is 1.00 bits per heavy atom. The van der Waals surface area contributed by atoms with Gasteiger partial charge in [0.1, 0.15) is 0 Å². The number of hydrogen-bond acceptors (Lipinski definition) is 0. The Morgan fingerprint density at radius 1 is 0.556 bits per heavy atom. The summed E-state index contributed by atoms with van der Waals surface area (Å²) in [5.74, 6) is 0. The van der Waals surface area contributed by atoms with Crippen molar-refractivity contribution in [3.63, 3.8) is 0 Å². The van der Waals surface area contributed by atoms with Crippen LogP contribution in [0.15, 0.2) is 60.7 Å². The molecule has 0 saturated heterocycles. The van der Waals surface area contributed by atoms with Crippen LogP contribution in [0.1, 0.15) is 38.8 Å². The zero-order chi connectivity index (χ0) is 13.6. The molecule has 0 aliphatic rings. The first kappa shape index (κ1) is 16.4. The molecule has 0 aliphatic carbocycles. The van der Waals surface area contributed by atoms with Crippen molar-refractivity contribution in [3.05, 3.63) is 71.8 Å². The molecule has 18 heavy (non-hydrogen) atoms. The Kier molecular flexibility index (Phi) is 10.9. The molecule has 2 aromatic rings. The summed E-state index contributed by atoms with van der Waals surface area (Å²) in [6.45, 7) is 8.32. The Balaban J connectivity index is 0.000000283. The summed E-state index contributed by atoms with van der Waals surface area (Å²) >= 11 is 0. The quantitative estimate of drug-likeness (QED) is 0.650. The van der Waals surface area contributed by atoms with Crippen LogP contribution >= 0.6 is 0 Å². The Labute approximate surface area is 113 Å². The first-order valence-corrected chi connectivity index (χ1v) is 6.94. The zero-order valence-electron chi connectivity index (χ0n) is 12.2. The van der Waals surface area contributed by atoms with E-state index in [1.165, 1.54) is 11.1 Å². The second-order valence-corrected chi connectivity index (χ2v) is 3.68. The Hall–Kier alpha value is -1.56. The van der Waals surface area contributed by atoms with Crippen LogP contribution in [0, 0.1) is 0 Å². The minimum Gasteiger partial charge on any atom is -0.0683 e. The summed E-state index contributed by atoms with van der Waals surface area (Å²) in [6.07, 6.45) is 2.28. The summed E-state index contributed by atoms with van der Waals surface area (Å²) in [5.41, 5.74) is 2.82. The van der Waals surface area contributed by atoms with Gasteiger partial charge in [-0.2, -0.15) is 0 Å². The Bertz CT molecular complexity index is 322. The van der Waals surface area contributed by atoms with Crippen molar-refractivity contribution >= 4 is 0 Å². The van der Waals surface area contributed by atoms with Crippen LogP contribution in [0.25, 0.3) is 0 Å². The van der Waals surface area contributed by atoms with E-state index < -0.39 is 0 Å². The average molecular weight is 242 g/mol. The van der Waals surface area contributed by atoms with E-state index in [9.17, 15) is 0 Å². The van der Waals surface area contributed by atoms with Gasteiger partial charge in [-0.15, -0.1) is 0 Å². The highest BCUT2D eigenvalue weighted by atomic mass is 13.9. The lowest BCUT2D eigenvalue weighted by Gasteiger charge is -1.89. The maximum atomic E-state index is 2.16. The van der Waals surface area contributed by atoms with Crippen molar-refractivity contribution in [2.75, 3.05) is 0 Å². The van der Waals surface area contributed by atoms with Gasteiger partial charge in [-0.3, -0.25) is 0 Å². The summed E-state index contributed by atoms with van der Waals surface area (Å²) in [4.78, 5) is 0. The molecule has 0 N–H and O–H groups in total. The molecule has 2 aromatic carbocycles. The second-order valence-electron chi connectivity index (χ2n) is 3.68. The summed E-state index contributed by atoms with van der Waals surface area (Å²) in [7, 11) is 0. The topological polar surface area (TPSA) is 0 Å². The van der Waals surface area contributed by atoms with Gasteiger partial charge in [-0.05, 0) is 24.0 Å². The first-order valence-electron chi connectivity index (χ1n) is 6.94. The Morgan fingerprint density at radius 2 is 0.833 bits per heavy atom. The number of benzene rings is 2. The van der Waals surface area contributed by atoms with Crippen LogP contribution in [0.5, 0.6) is 0 Å². The van der Waals surface area contributed by atoms with Gasteiger partial charge in [-0.25, -0.2) is 0 Å².